The van der Waals surface area contributed by atoms with Gasteiger partial charge in [0.2, 0.25) is 6.33 Å². The molecule has 0 atom stereocenters. The third kappa shape index (κ3) is 3.35. The van der Waals surface area contributed by atoms with Gasteiger partial charge in [0.15, 0.2) is 5.52 Å². The Labute approximate surface area is 155 Å². The number of rotatable bonds is 2. The lowest BCUT2D eigenvalue weighted by atomic mass is 10.1. The molecule has 0 spiro atoms. The van der Waals surface area contributed by atoms with Gasteiger partial charge in [0.25, 0.3) is 0 Å². The highest BCUT2D eigenvalue weighted by Crippen LogP contribution is 2.22. The second-order valence-corrected chi connectivity index (χ2v) is 6.19. The summed E-state index contributed by atoms with van der Waals surface area (Å²) in [6.45, 7) is 0.714. The van der Waals surface area contributed by atoms with Gasteiger partial charge in [-0.2, -0.15) is 0 Å². The van der Waals surface area contributed by atoms with Crippen molar-refractivity contribution >= 4 is 39.5 Å². The average Bonchev–Trinajstić information content (AvgIpc) is 2.93. The number of nitrogens with zero attached hydrogens (tertiary/aromatic N) is 2. The van der Waals surface area contributed by atoms with Gasteiger partial charge in [-0.15, -0.1) is 0 Å². The molecular weight excluding hydrogens is 367 g/mol. The average molecular weight is 382 g/mol. The van der Waals surface area contributed by atoms with Gasteiger partial charge in [0.1, 0.15) is 12.7 Å². The van der Waals surface area contributed by atoms with Crippen molar-refractivity contribution in [1.82, 2.24) is 4.57 Å². The number of halogens is 3. The van der Waals surface area contributed by atoms with Crippen molar-refractivity contribution in [2.75, 3.05) is 0 Å². The standard InChI is InChI=1S/C18H13Cl2N2.ClH.H2O/c19-15-6-5-14(17(20)9-15)10-21-11-18-16-4-2-1-3-13(16)7-8-22(18)12-21;;/h1-9,11-12H,10H2;1H;1H2/q+1;;/p-1. The largest absolute Gasteiger partial charge is 1.00 e. The first kappa shape index (κ1) is 18.6. The maximum Gasteiger partial charge on any atom is 0.249 e. The third-order valence-electron chi connectivity index (χ3n) is 3.86. The molecule has 0 unspecified atom stereocenters. The zero-order valence-corrected chi connectivity index (χ0v) is 14.9. The third-order valence-corrected chi connectivity index (χ3v) is 4.45. The molecule has 0 amide bonds. The lowest BCUT2D eigenvalue weighted by Gasteiger charge is -2.01. The normalized spacial score (nSPS) is 10.4. The van der Waals surface area contributed by atoms with Gasteiger partial charge in [-0.1, -0.05) is 47.5 Å². The van der Waals surface area contributed by atoms with E-state index in [9.17, 15) is 0 Å². The monoisotopic (exact) mass is 380 g/mol. The molecule has 0 saturated heterocycles. The van der Waals surface area contributed by atoms with Gasteiger partial charge in [-0.05, 0) is 29.7 Å². The Morgan fingerprint density at radius 2 is 1.79 bits per heavy atom. The van der Waals surface area contributed by atoms with Crippen LogP contribution in [0.2, 0.25) is 10.0 Å². The highest BCUT2D eigenvalue weighted by Gasteiger charge is 2.12. The van der Waals surface area contributed by atoms with Crippen LogP contribution in [0.1, 0.15) is 5.56 Å². The van der Waals surface area contributed by atoms with Crippen molar-refractivity contribution < 1.29 is 22.3 Å². The Morgan fingerprint density at radius 3 is 2.58 bits per heavy atom. The molecule has 4 rings (SSSR count). The predicted molar refractivity (Wildman–Crippen MR) is 94.3 cm³/mol. The Morgan fingerprint density at radius 1 is 1.00 bits per heavy atom. The molecule has 4 aromatic rings. The van der Waals surface area contributed by atoms with Gasteiger partial charge >= 0.3 is 0 Å². The van der Waals surface area contributed by atoms with Gasteiger partial charge in [-0.25, -0.2) is 8.97 Å². The second-order valence-electron chi connectivity index (χ2n) is 5.35. The van der Waals surface area contributed by atoms with Crippen LogP contribution < -0.4 is 16.8 Å². The molecule has 124 valence electrons. The number of pyridine rings is 1. The molecular formula is C18H15Cl3N2O. The number of hydrogen-bond acceptors (Lipinski definition) is 0. The number of benzene rings is 2. The molecule has 2 aromatic carbocycles. The Balaban J connectivity index is 0.00000104. The Bertz CT molecular complexity index is 998. The van der Waals surface area contributed by atoms with Crippen molar-refractivity contribution in [1.29, 1.82) is 0 Å². The van der Waals surface area contributed by atoms with E-state index in [1.165, 1.54) is 16.3 Å². The summed E-state index contributed by atoms with van der Waals surface area (Å²) in [7, 11) is 0. The first-order valence-corrected chi connectivity index (χ1v) is 7.79. The molecule has 2 aromatic heterocycles. The fourth-order valence-electron chi connectivity index (χ4n) is 2.78. The van der Waals surface area contributed by atoms with E-state index in [4.69, 9.17) is 23.2 Å². The molecule has 3 nitrogen and oxygen atoms in total. The van der Waals surface area contributed by atoms with E-state index in [-0.39, 0.29) is 17.9 Å². The van der Waals surface area contributed by atoms with Crippen LogP contribution in [0.15, 0.2) is 67.3 Å². The molecule has 0 bridgehead atoms. The fourth-order valence-corrected chi connectivity index (χ4v) is 3.24. The molecule has 6 heteroatoms. The predicted octanol–water partition coefficient (Wildman–Crippen LogP) is 0.914. The van der Waals surface area contributed by atoms with E-state index in [0.717, 1.165) is 5.56 Å². The lowest BCUT2D eigenvalue weighted by Crippen LogP contribution is -3.00. The first-order chi connectivity index (χ1) is 10.7. The van der Waals surface area contributed by atoms with Crippen molar-refractivity contribution in [3.63, 3.8) is 0 Å². The summed E-state index contributed by atoms with van der Waals surface area (Å²) in [5.41, 5.74) is 2.24. The molecule has 0 aliphatic carbocycles. The van der Waals surface area contributed by atoms with E-state index < -0.39 is 0 Å². The minimum absolute atomic E-state index is 0. The number of imidazole rings is 1. The SMILES string of the molecule is Clc1ccc(Cn2cc3c4ccccc4cc[n+]3c2)c(Cl)c1.O.[Cl-]. The molecule has 24 heavy (non-hydrogen) atoms. The number of fused-ring (bicyclic) bond motifs is 3. The minimum Gasteiger partial charge on any atom is -1.00 e. The fraction of sp³-hybridized carbons (Fsp3) is 0.0556. The lowest BCUT2D eigenvalue weighted by molar-refractivity contribution is -0.511. The van der Waals surface area contributed by atoms with Crippen LogP contribution in [-0.2, 0) is 6.54 Å². The summed E-state index contributed by atoms with van der Waals surface area (Å²) in [6.07, 6.45) is 6.30. The zero-order valence-electron chi connectivity index (χ0n) is 12.6. The van der Waals surface area contributed by atoms with Gasteiger partial charge < -0.3 is 17.9 Å². The molecule has 0 aliphatic heterocycles. The summed E-state index contributed by atoms with van der Waals surface area (Å²) in [6, 6.07) is 16.1. The summed E-state index contributed by atoms with van der Waals surface area (Å²) in [4.78, 5) is 0. The van der Waals surface area contributed by atoms with E-state index in [0.29, 0.717) is 16.6 Å². The molecule has 0 aliphatic rings. The second kappa shape index (κ2) is 7.41. The maximum atomic E-state index is 6.27. The maximum absolute atomic E-state index is 6.27. The topological polar surface area (TPSA) is 40.5 Å². The van der Waals surface area contributed by atoms with E-state index >= 15 is 0 Å². The molecule has 0 radical (unpaired) electrons. The molecule has 0 fully saturated rings. The van der Waals surface area contributed by atoms with Crippen molar-refractivity contribution in [3.8, 4) is 0 Å². The number of hydrogen-bond donors (Lipinski definition) is 0. The number of aromatic nitrogens is 2. The molecule has 2 heterocycles. The first-order valence-electron chi connectivity index (χ1n) is 7.03. The van der Waals surface area contributed by atoms with E-state index in [1.807, 2.05) is 12.1 Å². The molecule has 0 saturated carbocycles. The summed E-state index contributed by atoms with van der Waals surface area (Å²) in [5, 5.41) is 3.84. The Kier molecular flexibility index (Phi) is 5.73. The Hall–Kier alpha value is -1.78. The van der Waals surface area contributed by atoms with Crippen LogP contribution in [0.4, 0.5) is 0 Å². The highest BCUT2D eigenvalue weighted by molar-refractivity contribution is 6.35. The van der Waals surface area contributed by atoms with Crippen LogP contribution >= 0.6 is 23.2 Å². The summed E-state index contributed by atoms with van der Waals surface area (Å²) >= 11 is 12.2. The van der Waals surface area contributed by atoms with Crippen LogP contribution in [-0.4, -0.2) is 10.0 Å². The quantitative estimate of drug-likeness (QED) is 0.463. The molecule has 2 N–H and O–H groups in total. The van der Waals surface area contributed by atoms with Gasteiger partial charge in [-0.3, -0.25) is 0 Å². The van der Waals surface area contributed by atoms with Gasteiger partial charge in [0, 0.05) is 21.0 Å². The van der Waals surface area contributed by atoms with Crippen LogP contribution in [0, 0.1) is 0 Å². The van der Waals surface area contributed by atoms with Crippen LogP contribution in [0.5, 0.6) is 0 Å². The smallest absolute Gasteiger partial charge is 0.249 e. The van der Waals surface area contributed by atoms with Crippen LogP contribution in [0.25, 0.3) is 16.3 Å². The minimum atomic E-state index is 0. The summed E-state index contributed by atoms with van der Waals surface area (Å²) < 4.78 is 4.27. The van der Waals surface area contributed by atoms with Gasteiger partial charge in [0.05, 0.1) is 6.20 Å². The van der Waals surface area contributed by atoms with E-state index in [1.54, 1.807) is 6.07 Å². The van der Waals surface area contributed by atoms with Crippen molar-refractivity contribution in [2.45, 2.75) is 6.54 Å². The highest BCUT2D eigenvalue weighted by atomic mass is 35.5. The summed E-state index contributed by atoms with van der Waals surface area (Å²) in [5.74, 6) is 0. The van der Waals surface area contributed by atoms with E-state index in [2.05, 4.69) is 58.0 Å². The van der Waals surface area contributed by atoms with Crippen molar-refractivity contribution in [3.05, 3.63) is 82.9 Å². The van der Waals surface area contributed by atoms with Crippen LogP contribution in [0.3, 0.4) is 0 Å². The zero-order chi connectivity index (χ0) is 15.1. The van der Waals surface area contributed by atoms with Crippen molar-refractivity contribution in [2.24, 2.45) is 0 Å².